The van der Waals surface area contributed by atoms with Gasteiger partial charge in [0, 0.05) is 37.5 Å². The van der Waals surface area contributed by atoms with Crippen molar-refractivity contribution in [3.8, 4) is 5.75 Å². The van der Waals surface area contributed by atoms with Gasteiger partial charge in [0.2, 0.25) is 5.91 Å². The van der Waals surface area contributed by atoms with Gasteiger partial charge in [0.1, 0.15) is 5.75 Å². The van der Waals surface area contributed by atoms with E-state index in [1.54, 1.807) is 35.5 Å². The topological polar surface area (TPSA) is 49.9 Å². The second-order valence-electron chi connectivity index (χ2n) is 5.95. The number of amides is 2. The molecule has 0 radical (unpaired) electrons. The van der Waals surface area contributed by atoms with E-state index in [0.717, 1.165) is 6.42 Å². The SMILES string of the molecule is COc1ccccc1C(=O)N1CCN(C(=O)CCc2cccs2)CC1. The zero-order chi connectivity index (χ0) is 17.6. The summed E-state index contributed by atoms with van der Waals surface area (Å²) in [4.78, 5) is 29.9. The molecular formula is C19H22N2O3S. The normalized spacial score (nSPS) is 14.4. The Morgan fingerprint density at radius 3 is 2.44 bits per heavy atom. The molecule has 0 atom stereocenters. The van der Waals surface area contributed by atoms with Gasteiger partial charge in [0.25, 0.3) is 5.91 Å². The van der Waals surface area contributed by atoms with Crippen LogP contribution in [0.3, 0.4) is 0 Å². The predicted molar refractivity (Wildman–Crippen MR) is 98.1 cm³/mol. The molecule has 3 rings (SSSR count). The molecular weight excluding hydrogens is 336 g/mol. The molecule has 1 aliphatic rings. The maximum atomic E-state index is 12.7. The number of piperazine rings is 1. The van der Waals surface area contributed by atoms with Gasteiger partial charge in [0.05, 0.1) is 12.7 Å². The standard InChI is InChI=1S/C19H22N2O3S/c1-24-17-7-3-2-6-16(17)19(23)21-12-10-20(11-13-21)18(22)9-8-15-5-4-14-25-15/h2-7,14H,8-13H2,1H3. The van der Waals surface area contributed by atoms with Crippen molar-refractivity contribution in [1.82, 2.24) is 9.80 Å². The molecule has 1 aromatic heterocycles. The number of ether oxygens (including phenoxy) is 1. The molecule has 0 aliphatic carbocycles. The number of carbonyl (C=O) groups excluding carboxylic acids is 2. The van der Waals surface area contributed by atoms with Crippen molar-refractivity contribution >= 4 is 23.2 Å². The number of para-hydroxylation sites is 1. The summed E-state index contributed by atoms with van der Waals surface area (Å²) >= 11 is 1.68. The first kappa shape index (κ1) is 17.5. The molecule has 5 nitrogen and oxygen atoms in total. The maximum Gasteiger partial charge on any atom is 0.257 e. The van der Waals surface area contributed by atoms with Crippen LogP contribution in [-0.4, -0.2) is 54.9 Å². The van der Waals surface area contributed by atoms with Crippen LogP contribution in [0.25, 0.3) is 0 Å². The van der Waals surface area contributed by atoms with E-state index in [4.69, 9.17) is 4.74 Å². The highest BCUT2D eigenvalue weighted by atomic mass is 32.1. The van der Waals surface area contributed by atoms with Crippen LogP contribution < -0.4 is 4.74 Å². The molecule has 6 heteroatoms. The van der Waals surface area contributed by atoms with E-state index in [2.05, 4.69) is 6.07 Å². The lowest BCUT2D eigenvalue weighted by Crippen LogP contribution is -2.50. The van der Waals surface area contributed by atoms with Gasteiger partial charge in [-0.3, -0.25) is 9.59 Å². The van der Waals surface area contributed by atoms with Gasteiger partial charge in [-0.25, -0.2) is 0 Å². The summed E-state index contributed by atoms with van der Waals surface area (Å²) < 4.78 is 5.27. The summed E-state index contributed by atoms with van der Waals surface area (Å²) in [5.74, 6) is 0.711. The first-order valence-corrected chi connectivity index (χ1v) is 9.29. The van der Waals surface area contributed by atoms with Gasteiger partial charge in [-0.2, -0.15) is 0 Å². The third kappa shape index (κ3) is 4.20. The number of nitrogens with zero attached hydrogens (tertiary/aromatic N) is 2. The summed E-state index contributed by atoms with van der Waals surface area (Å²) in [7, 11) is 1.57. The summed E-state index contributed by atoms with van der Waals surface area (Å²) in [5, 5.41) is 2.03. The lowest BCUT2D eigenvalue weighted by atomic mass is 10.1. The van der Waals surface area contributed by atoms with Crippen molar-refractivity contribution in [2.24, 2.45) is 0 Å². The molecule has 132 valence electrons. The molecule has 2 aromatic rings. The molecule has 0 spiro atoms. The number of rotatable bonds is 5. The quantitative estimate of drug-likeness (QED) is 0.826. The zero-order valence-corrected chi connectivity index (χ0v) is 15.1. The molecule has 0 bridgehead atoms. The number of hydrogen-bond acceptors (Lipinski definition) is 4. The molecule has 0 N–H and O–H groups in total. The lowest BCUT2D eigenvalue weighted by Gasteiger charge is -2.35. The molecule has 25 heavy (non-hydrogen) atoms. The first-order valence-electron chi connectivity index (χ1n) is 8.41. The molecule has 1 aromatic carbocycles. The second-order valence-corrected chi connectivity index (χ2v) is 6.98. The van der Waals surface area contributed by atoms with Crippen molar-refractivity contribution < 1.29 is 14.3 Å². The van der Waals surface area contributed by atoms with Crippen LogP contribution in [0.2, 0.25) is 0 Å². The van der Waals surface area contributed by atoms with Gasteiger partial charge in [-0.05, 0) is 30.0 Å². The lowest BCUT2D eigenvalue weighted by molar-refractivity contribution is -0.132. The van der Waals surface area contributed by atoms with Crippen LogP contribution in [0.4, 0.5) is 0 Å². The van der Waals surface area contributed by atoms with E-state index in [9.17, 15) is 9.59 Å². The fraction of sp³-hybridized carbons (Fsp3) is 0.368. The van der Waals surface area contributed by atoms with E-state index >= 15 is 0 Å². The monoisotopic (exact) mass is 358 g/mol. The predicted octanol–water partition coefficient (Wildman–Crippen LogP) is 2.67. The first-order chi connectivity index (χ1) is 12.2. The highest BCUT2D eigenvalue weighted by molar-refractivity contribution is 7.09. The summed E-state index contributed by atoms with van der Waals surface area (Å²) in [6, 6.07) is 11.3. The molecule has 2 heterocycles. The summed E-state index contributed by atoms with van der Waals surface area (Å²) in [6.07, 6.45) is 1.32. The Labute approximate surface area is 151 Å². The Morgan fingerprint density at radius 2 is 1.76 bits per heavy atom. The fourth-order valence-electron chi connectivity index (χ4n) is 2.99. The van der Waals surface area contributed by atoms with Crippen LogP contribution in [0.5, 0.6) is 5.75 Å². The van der Waals surface area contributed by atoms with E-state index in [0.29, 0.717) is 43.9 Å². The van der Waals surface area contributed by atoms with Crippen LogP contribution in [0.15, 0.2) is 41.8 Å². The number of methoxy groups -OCH3 is 1. The Hall–Kier alpha value is -2.34. The Kier molecular flexibility index (Phi) is 5.71. The fourth-order valence-corrected chi connectivity index (χ4v) is 3.70. The Morgan fingerprint density at radius 1 is 1.04 bits per heavy atom. The molecule has 0 saturated carbocycles. The average molecular weight is 358 g/mol. The van der Waals surface area contributed by atoms with Gasteiger partial charge in [-0.15, -0.1) is 11.3 Å². The average Bonchev–Trinajstić information content (AvgIpc) is 3.19. The van der Waals surface area contributed by atoms with Gasteiger partial charge < -0.3 is 14.5 Å². The zero-order valence-electron chi connectivity index (χ0n) is 14.3. The molecule has 1 saturated heterocycles. The van der Waals surface area contributed by atoms with Crippen LogP contribution >= 0.6 is 11.3 Å². The third-order valence-corrected chi connectivity index (χ3v) is 5.36. The molecule has 0 unspecified atom stereocenters. The van der Waals surface area contributed by atoms with E-state index in [1.165, 1.54) is 4.88 Å². The number of carbonyl (C=O) groups is 2. The smallest absolute Gasteiger partial charge is 0.257 e. The largest absolute Gasteiger partial charge is 0.496 e. The minimum absolute atomic E-state index is 0.0388. The van der Waals surface area contributed by atoms with Crippen molar-refractivity contribution in [3.05, 3.63) is 52.2 Å². The van der Waals surface area contributed by atoms with Crippen LogP contribution in [-0.2, 0) is 11.2 Å². The number of thiophene rings is 1. The number of aryl methyl sites for hydroxylation is 1. The van der Waals surface area contributed by atoms with E-state index in [1.807, 2.05) is 28.5 Å². The molecule has 2 amide bonds. The third-order valence-electron chi connectivity index (χ3n) is 4.42. The van der Waals surface area contributed by atoms with Gasteiger partial charge in [-0.1, -0.05) is 18.2 Å². The van der Waals surface area contributed by atoms with Crippen LogP contribution in [0.1, 0.15) is 21.7 Å². The Balaban J connectivity index is 1.52. The molecule has 1 aliphatic heterocycles. The summed E-state index contributed by atoms with van der Waals surface area (Å²) in [5.41, 5.74) is 0.572. The van der Waals surface area contributed by atoms with Crippen molar-refractivity contribution in [2.75, 3.05) is 33.3 Å². The second kappa shape index (κ2) is 8.16. The van der Waals surface area contributed by atoms with Gasteiger partial charge in [0.15, 0.2) is 0 Å². The van der Waals surface area contributed by atoms with E-state index < -0.39 is 0 Å². The maximum absolute atomic E-state index is 12.7. The number of hydrogen-bond donors (Lipinski definition) is 0. The van der Waals surface area contributed by atoms with E-state index in [-0.39, 0.29) is 11.8 Å². The highest BCUT2D eigenvalue weighted by Gasteiger charge is 2.26. The Bertz CT molecular complexity index is 722. The van der Waals surface area contributed by atoms with Crippen LogP contribution in [0, 0.1) is 0 Å². The minimum atomic E-state index is -0.0388. The summed E-state index contributed by atoms with van der Waals surface area (Å²) in [6.45, 7) is 2.29. The van der Waals surface area contributed by atoms with Crippen molar-refractivity contribution in [3.63, 3.8) is 0 Å². The van der Waals surface area contributed by atoms with Crippen molar-refractivity contribution in [1.29, 1.82) is 0 Å². The minimum Gasteiger partial charge on any atom is -0.496 e. The van der Waals surface area contributed by atoms with Crippen molar-refractivity contribution in [2.45, 2.75) is 12.8 Å². The van der Waals surface area contributed by atoms with Gasteiger partial charge >= 0.3 is 0 Å². The molecule has 1 fully saturated rings. The highest BCUT2D eigenvalue weighted by Crippen LogP contribution is 2.20. The number of benzene rings is 1.